The summed E-state index contributed by atoms with van der Waals surface area (Å²) < 4.78 is 0. The van der Waals surface area contributed by atoms with E-state index in [1.807, 2.05) is 17.5 Å². The summed E-state index contributed by atoms with van der Waals surface area (Å²) in [4.78, 5) is 12.6. The normalized spacial score (nSPS) is 17.8. The van der Waals surface area contributed by atoms with Crippen LogP contribution < -0.4 is 5.32 Å². The van der Waals surface area contributed by atoms with Crippen LogP contribution >= 0.6 is 11.3 Å². The Hall–Kier alpha value is -0.870. The number of carbonyl (C=O) groups is 1. The molecule has 0 radical (unpaired) electrons. The molecule has 0 aliphatic heterocycles. The minimum Gasteiger partial charge on any atom is -0.386 e. The van der Waals surface area contributed by atoms with Crippen molar-refractivity contribution >= 4 is 17.2 Å². The molecular formula is C14H21NO2S. The highest BCUT2D eigenvalue weighted by atomic mass is 32.1. The van der Waals surface area contributed by atoms with Gasteiger partial charge in [0.2, 0.25) is 5.91 Å². The van der Waals surface area contributed by atoms with Crippen molar-refractivity contribution in [1.82, 2.24) is 5.32 Å². The van der Waals surface area contributed by atoms with E-state index in [2.05, 4.69) is 5.32 Å². The number of hydrogen-bond donors (Lipinski definition) is 2. The maximum absolute atomic E-state index is 11.7. The highest BCUT2D eigenvalue weighted by molar-refractivity contribution is 7.10. The van der Waals surface area contributed by atoms with Crippen LogP contribution in [-0.4, -0.2) is 17.6 Å². The Morgan fingerprint density at radius 2 is 2.28 bits per heavy atom. The minimum absolute atomic E-state index is 0.0671. The lowest BCUT2D eigenvalue weighted by Crippen LogP contribution is -2.28. The maximum atomic E-state index is 11.7. The SMILES string of the molecule is O=C(CCC1CCCC1)NCC(O)c1cccs1. The summed E-state index contributed by atoms with van der Waals surface area (Å²) in [7, 11) is 0. The number of amides is 1. The summed E-state index contributed by atoms with van der Waals surface area (Å²) in [6, 6.07) is 3.80. The Kier molecular flexibility index (Phi) is 5.20. The van der Waals surface area contributed by atoms with Crippen molar-refractivity contribution in [2.45, 2.75) is 44.6 Å². The number of hydrogen-bond acceptors (Lipinski definition) is 3. The molecule has 1 saturated carbocycles. The van der Waals surface area contributed by atoms with Gasteiger partial charge in [-0.1, -0.05) is 31.7 Å². The third kappa shape index (κ3) is 4.10. The fourth-order valence-corrected chi connectivity index (χ4v) is 3.23. The molecule has 100 valence electrons. The predicted molar refractivity (Wildman–Crippen MR) is 73.5 cm³/mol. The third-order valence-electron chi connectivity index (χ3n) is 3.62. The average Bonchev–Trinajstić information content (AvgIpc) is 3.05. The van der Waals surface area contributed by atoms with Crippen molar-refractivity contribution in [3.63, 3.8) is 0 Å². The Balaban J connectivity index is 1.62. The van der Waals surface area contributed by atoms with Gasteiger partial charge >= 0.3 is 0 Å². The van der Waals surface area contributed by atoms with E-state index < -0.39 is 6.10 Å². The highest BCUT2D eigenvalue weighted by Gasteiger charge is 2.16. The molecule has 2 N–H and O–H groups in total. The molecule has 1 heterocycles. The molecule has 1 aromatic rings. The molecule has 0 bridgehead atoms. The van der Waals surface area contributed by atoms with Gasteiger partial charge in [-0.2, -0.15) is 0 Å². The summed E-state index contributed by atoms with van der Waals surface area (Å²) in [5, 5.41) is 14.6. The van der Waals surface area contributed by atoms with Gasteiger partial charge < -0.3 is 10.4 Å². The number of aliphatic hydroxyl groups is 1. The van der Waals surface area contributed by atoms with E-state index in [1.54, 1.807) is 0 Å². The molecule has 1 aromatic heterocycles. The number of thiophene rings is 1. The molecule has 1 unspecified atom stereocenters. The monoisotopic (exact) mass is 267 g/mol. The molecule has 1 atom stereocenters. The van der Waals surface area contributed by atoms with Gasteiger partial charge in [0.25, 0.3) is 0 Å². The van der Waals surface area contributed by atoms with Gasteiger partial charge in [-0.05, 0) is 23.8 Å². The zero-order valence-corrected chi connectivity index (χ0v) is 11.4. The first-order chi connectivity index (χ1) is 8.75. The van der Waals surface area contributed by atoms with Crippen LogP contribution in [0.15, 0.2) is 17.5 Å². The van der Waals surface area contributed by atoms with Crippen molar-refractivity contribution in [3.05, 3.63) is 22.4 Å². The second kappa shape index (κ2) is 6.90. The van der Waals surface area contributed by atoms with Gasteiger partial charge in [0.1, 0.15) is 6.10 Å². The fourth-order valence-electron chi connectivity index (χ4n) is 2.51. The molecule has 1 amide bonds. The summed E-state index contributed by atoms with van der Waals surface area (Å²) in [6.45, 7) is 0.323. The first-order valence-corrected chi connectivity index (χ1v) is 7.62. The maximum Gasteiger partial charge on any atom is 0.220 e. The van der Waals surface area contributed by atoms with Gasteiger partial charge in [-0.25, -0.2) is 0 Å². The van der Waals surface area contributed by atoms with Crippen LogP contribution in [0.3, 0.4) is 0 Å². The first-order valence-electron chi connectivity index (χ1n) is 6.74. The van der Waals surface area contributed by atoms with Crippen molar-refractivity contribution in [2.24, 2.45) is 5.92 Å². The molecule has 0 aromatic carbocycles. The number of aliphatic hydroxyl groups excluding tert-OH is 1. The van der Waals surface area contributed by atoms with E-state index in [-0.39, 0.29) is 5.91 Å². The number of nitrogens with one attached hydrogen (secondary N) is 1. The Morgan fingerprint density at radius 1 is 1.50 bits per heavy atom. The van der Waals surface area contributed by atoms with Gasteiger partial charge in [0.15, 0.2) is 0 Å². The van der Waals surface area contributed by atoms with Crippen LogP contribution in [0.5, 0.6) is 0 Å². The van der Waals surface area contributed by atoms with Crippen molar-refractivity contribution in [3.8, 4) is 0 Å². The van der Waals surface area contributed by atoms with E-state index >= 15 is 0 Å². The quantitative estimate of drug-likeness (QED) is 0.832. The average molecular weight is 267 g/mol. The summed E-state index contributed by atoms with van der Waals surface area (Å²) in [5.41, 5.74) is 0. The molecule has 1 aliphatic rings. The van der Waals surface area contributed by atoms with E-state index in [0.29, 0.717) is 13.0 Å². The van der Waals surface area contributed by atoms with Crippen LogP contribution in [0.1, 0.15) is 49.5 Å². The zero-order valence-electron chi connectivity index (χ0n) is 10.6. The topological polar surface area (TPSA) is 49.3 Å². The smallest absolute Gasteiger partial charge is 0.220 e. The Labute approximate surface area is 112 Å². The molecule has 3 nitrogen and oxygen atoms in total. The van der Waals surface area contributed by atoms with Gasteiger partial charge in [-0.15, -0.1) is 11.3 Å². The van der Waals surface area contributed by atoms with Crippen LogP contribution in [0.25, 0.3) is 0 Å². The fraction of sp³-hybridized carbons (Fsp3) is 0.643. The lowest BCUT2D eigenvalue weighted by molar-refractivity contribution is -0.121. The zero-order chi connectivity index (χ0) is 12.8. The van der Waals surface area contributed by atoms with Gasteiger partial charge in [0.05, 0.1) is 0 Å². The Bertz CT molecular complexity index is 358. The lowest BCUT2D eigenvalue weighted by atomic mass is 10.0. The molecule has 0 spiro atoms. The standard InChI is InChI=1S/C14H21NO2S/c16-12(13-6-3-9-18-13)10-15-14(17)8-7-11-4-1-2-5-11/h3,6,9,11-12,16H,1-2,4-5,7-8,10H2,(H,15,17). The summed E-state index contributed by atoms with van der Waals surface area (Å²) >= 11 is 1.52. The van der Waals surface area contributed by atoms with Crippen LogP contribution in [0, 0.1) is 5.92 Å². The van der Waals surface area contributed by atoms with Crippen LogP contribution in [0.2, 0.25) is 0 Å². The van der Waals surface area contributed by atoms with E-state index in [0.717, 1.165) is 17.2 Å². The Morgan fingerprint density at radius 3 is 2.94 bits per heavy atom. The van der Waals surface area contributed by atoms with E-state index in [9.17, 15) is 9.90 Å². The summed E-state index contributed by atoms with van der Waals surface area (Å²) in [5.74, 6) is 0.815. The molecule has 4 heteroatoms. The second-order valence-electron chi connectivity index (χ2n) is 5.02. The molecule has 18 heavy (non-hydrogen) atoms. The van der Waals surface area contributed by atoms with Crippen LogP contribution in [0.4, 0.5) is 0 Å². The summed E-state index contributed by atoms with van der Waals surface area (Å²) in [6.07, 6.45) is 6.24. The van der Waals surface area contributed by atoms with Crippen LogP contribution in [-0.2, 0) is 4.79 Å². The molecule has 1 aliphatic carbocycles. The second-order valence-corrected chi connectivity index (χ2v) is 6.00. The molecular weight excluding hydrogens is 246 g/mol. The molecule has 1 fully saturated rings. The minimum atomic E-state index is -0.569. The highest BCUT2D eigenvalue weighted by Crippen LogP contribution is 2.28. The number of rotatable bonds is 6. The van der Waals surface area contributed by atoms with Crippen molar-refractivity contribution in [1.29, 1.82) is 0 Å². The first kappa shape index (κ1) is 13.6. The van der Waals surface area contributed by atoms with Gasteiger partial charge in [0, 0.05) is 17.8 Å². The molecule has 0 saturated heterocycles. The third-order valence-corrected chi connectivity index (χ3v) is 4.59. The van der Waals surface area contributed by atoms with E-state index in [1.165, 1.54) is 37.0 Å². The largest absolute Gasteiger partial charge is 0.386 e. The van der Waals surface area contributed by atoms with Crippen molar-refractivity contribution in [2.75, 3.05) is 6.54 Å². The number of carbonyl (C=O) groups excluding carboxylic acids is 1. The van der Waals surface area contributed by atoms with E-state index in [4.69, 9.17) is 0 Å². The predicted octanol–water partition coefficient (Wildman–Crippen LogP) is 2.87. The van der Waals surface area contributed by atoms with Gasteiger partial charge in [-0.3, -0.25) is 4.79 Å². The lowest BCUT2D eigenvalue weighted by Gasteiger charge is -2.11. The van der Waals surface area contributed by atoms with Crippen molar-refractivity contribution < 1.29 is 9.90 Å². The molecule has 2 rings (SSSR count).